The van der Waals surface area contributed by atoms with Crippen LogP contribution in [0, 0.1) is 0 Å². The van der Waals surface area contributed by atoms with Gasteiger partial charge in [0.15, 0.2) is 0 Å². The van der Waals surface area contributed by atoms with E-state index in [9.17, 15) is 9.59 Å². The van der Waals surface area contributed by atoms with Crippen LogP contribution in [0.15, 0.2) is 42.5 Å². The number of hydrogen-bond donors (Lipinski definition) is 2. The number of benzene rings is 2. The van der Waals surface area contributed by atoms with Crippen molar-refractivity contribution in [3.8, 4) is 5.75 Å². The average Bonchev–Trinajstić information content (AvgIpc) is 3.15. The third kappa shape index (κ3) is 4.47. The van der Waals surface area contributed by atoms with E-state index in [1.165, 1.54) is 16.7 Å². The molecule has 0 spiro atoms. The van der Waals surface area contributed by atoms with Crippen LogP contribution < -0.4 is 15.0 Å². The molecule has 2 unspecified atom stereocenters. The molecule has 0 aromatic heterocycles. The van der Waals surface area contributed by atoms with Crippen LogP contribution in [-0.2, 0) is 22.7 Å². The van der Waals surface area contributed by atoms with Crippen molar-refractivity contribution < 1.29 is 14.3 Å². The van der Waals surface area contributed by atoms with Gasteiger partial charge in [-0.1, -0.05) is 30.3 Å². The van der Waals surface area contributed by atoms with Crippen LogP contribution in [0.2, 0.25) is 0 Å². The molecule has 2 fully saturated rings. The molecule has 0 radical (unpaired) electrons. The Morgan fingerprint density at radius 2 is 1.88 bits per heavy atom. The number of hydrogen-bond acceptors (Lipinski definition) is 7. The van der Waals surface area contributed by atoms with Gasteiger partial charge in [-0.05, 0) is 35.2 Å². The molecule has 3 aliphatic heterocycles. The Balaban J connectivity index is 1.22. The first-order valence-electron chi connectivity index (χ1n) is 11.5. The summed E-state index contributed by atoms with van der Waals surface area (Å²) in [6, 6.07) is 14.5. The van der Waals surface area contributed by atoms with Gasteiger partial charge in [-0.2, -0.15) is 12.6 Å². The number of methoxy groups -OCH3 is 1. The van der Waals surface area contributed by atoms with Gasteiger partial charge in [0.05, 0.1) is 24.2 Å². The number of rotatable bonds is 5. The largest absolute Gasteiger partial charge is 0.495 e. The van der Waals surface area contributed by atoms with Crippen LogP contribution >= 0.6 is 12.6 Å². The van der Waals surface area contributed by atoms with Crippen molar-refractivity contribution >= 4 is 30.1 Å². The van der Waals surface area contributed by atoms with Crippen molar-refractivity contribution in [3.05, 3.63) is 59.2 Å². The van der Waals surface area contributed by atoms with Crippen LogP contribution in [-0.4, -0.2) is 60.9 Å². The summed E-state index contributed by atoms with van der Waals surface area (Å²) in [4.78, 5) is 30.8. The lowest BCUT2D eigenvalue weighted by atomic mass is 10.0. The second-order valence-corrected chi connectivity index (χ2v) is 9.47. The van der Waals surface area contributed by atoms with E-state index < -0.39 is 0 Å². The Labute approximate surface area is 200 Å². The first-order chi connectivity index (χ1) is 16.0. The maximum atomic E-state index is 12.4. The highest BCUT2D eigenvalue weighted by atomic mass is 32.1. The summed E-state index contributed by atoms with van der Waals surface area (Å²) in [5.41, 5.74) is 4.81. The summed E-state index contributed by atoms with van der Waals surface area (Å²) in [6.07, 6.45) is 0.939. The molecular weight excluding hydrogens is 436 g/mol. The number of thiol groups is 1. The van der Waals surface area contributed by atoms with Crippen molar-refractivity contribution in [2.45, 2.75) is 37.3 Å². The Bertz CT molecular complexity index is 1050. The van der Waals surface area contributed by atoms with E-state index in [0.29, 0.717) is 19.4 Å². The van der Waals surface area contributed by atoms with Crippen molar-refractivity contribution in [2.24, 2.45) is 0 Å². The maximum Gasteiger partial charge on any atom is 0.243 e. The number of carbonyl (C=O) groups excluding carboxylic acids is 2. The third-order valence-electron chi connectivity index (χ3n) is 6.97. The van der Waals surface area contributed by atoms with E-state index in [2.05, 4.69) is 50.3 Å². The number of piperidine rings is 1. The van der Waals surface area contributed by atoms with Gasteiger partial charge in [0.25, 0.3) is 0 Å². The SMILES string of the molecule is COc1ccccc1N1CCN(Cc2ccc3c(c2)C(S)N(C2CCC(=O)NC2=O)C3)CC1. The summed E-state index contributed by atoms with van der Waals surface area (Å²) in [5, 5.41) is 2.34. The van der Waals surface area contributed by atoms with E-state index in [1.54, 1.807) is 7.11 Å². The van der Waals surface area contributed by atoms with Gasteiger partial charge in [0.1, 0.15) is 5.75 Å². The molecule has 2 saturated heterocycles. The lowest BCUT2D eigenvalue weighted by molar-refractivity contribution is -0.137. The summed E-state index contributed by atoms with van der Waals surface area (Å²) < 4.78 is 5.53. The molecule has 3 heterocycles. The van der Waals surface area contributed by atoms with E-state index in [0.717, 1.165) is 44.2 Å². The minimum absolute atomic E-state index is 0.133. The third-order valence-corrected chi connectivity index (χ3v) is 7.55. The average molecular weight is 467 g/mol. The number of carbonyl (C=O) groups is 2. The first kappa shape index (κ1) is 22.3. The van der Waals surface area contributed by atoms with Gasteiger partial charge in [0.2, 0.25) is 11.8 Å². The van der Waals surface area contributed by atoms with Gasteiger partial charge < -0.3 is 9.64 Å². The number of amides is 2. The molecule has 2 aromatic rings. The highest BCUT2D eigenvalue weighted by Gasteiger charge is 2.39. The van der Waals surface area contributed by atoms with Crippen LogP contribution in [0.3, 0.4) is 0 Å². The second kappa shape index (κ2) is 9.37. The van der Waals surface area contributed by atoms with E-state index in [1.807, 2.05) is 12.1 Å². The lowest BCUT2D eigenvalue weighted by Crippen LogP contribution is -2.51. The normalized spacial score (nSPS) is 24.0. The van der Waals surface area contributed by atoms with Crippen LogP contribution in [0.4, 0.5) is 5.69 Å². The Morgan fingerprint density at radius 3 is 2.64 bits per heavy atom. The van der Waals surface area contributed by atoms with Gasteiger partial charge in [-0.25, -0.2) is 0 Å². The molecule has 7 nitrogen and oxygen atoms in total. The molecule has 2 atom stereocenters. The van der Waals surface area contributed by atoms with E-state index >= 15 is 0 Å². The van der Waals surface area contributed by atoms with Crippen molar-refractivity contribution in [1.29, 1.82) is 0 Å². The predicted molar refractivity (Wildman–Crippen MR) is 130 cm³/mol. The number of imide groups is 1. The zero-order chi connectivity index (χ0) is 22.9. The number of anilines is 1. The zero-order valence-electron chi connectivity index (χ0n) is 18.9. The highest BCUT2D eigenvalue weighted by molar-refractivity contribution is 7.80. The monoisotopic (exact) mass is 466 g/mol. The van der Waals surface area contributed by atoms with Crippen molar-refractivity contribution in [1.82, 2.24) is 15.1 Å². The maximum absolute atomic E-state index is 12.4. The molecule has 2 aromatic carbocycles. The molecule has 0 bridgehead atoms. The Hall–Kier alpha value is -2.55. The fourth-order valence-corrected chi connectivity index (χ4v) is 5.65. The Kier molecular flexibility index (Phi) is 6.32. The van der Waals surface area contributed by atoms with E-state index in [4.69, 9.17) is 17.4 Å². The topological polar surface area (TPSA) is 65.1 Å². The minimum Gasteiger partial charge on any atom is -0.495 e. The molecule has 0 aliphatic carbocycles. The van der Waals surface area contributed by atoms with Gasteiger partial charge in [-0.15, -0.1) is 0 Å². The van der Waals surface area contributed by atoms with Crippen molar-refractivity contribution in [3.63, 3.8) is 0 Å². The number of nitrogens with one attached hydrogen (secondary N) is 1. The second-order valence-electron chi connectivity index (χ2n) is 8.98. The summed E-state index contributed by atoms with van der Waals surface area (Å²) in [5.74, 6) is 0.535. The lowest BCUT2D eigenvalue weighted by Gasteiger charge is -2.36. The molecular formula is C25H30N4O3S. The summed E-state index contributed by atoms with van der Waals surface area (Å²) in [7, 11) is 1.72. The minimum atomic E-state index is -0.302. The van der Waals surface area contributed by atoms with Crippen LogP contribution in [0.5, 0.6) is 5.75 Å². The molecule has 2 amide bonds. The highest BCUT2D eigenvalue weighted by Crippen LogP contribution is 2.39. The smallest absolute Gasteiger partial charge is 0.243 e. The molecule has 8 heteroatoms. The molecule has 33 heavy (non-hydrogen) atoms. The zero-order valence-corrected chi connectivity index (χ0v) is 19.8. The van der Waals surface area contributed by atoms with Crippen molar-refractivity contribution in [2.75, 3.05) is 38.2 Å². The van der Waals surface area contributed by atoms with Gasteiger partial charge >= 0.3 is 0 Å². The number of piperazine rings is 1. The molecule has 174 valence electrons. The van der Waals surface area contributed by atoms with Gasteiger partial charge in [-0.3, -0.25) is 24.7 Å². The van der Waals surface area contributed by atoms with Gasteiger partial charge in [0, 0.05) is 45.7 Å². The molecule has 1 N–H and O–H groups in total. The fourth-order valence-electron chi connectivity index (χ4n) is 5.16. The molecule has 5 rings (SSSR count). The van der Waals surface area contributed by atoms with Crippen LogP contribution in [0.25, 0.3) is 0 Å². The quantitative estimate of drug-likeness (QED) is 0.522. The molecule has 3 aliphatic rings. The summed E-state index contributed by atoms with van der Waals surface area (Å²) >= 11 is 4.85. The number of ether oxygens (including phenoxy) is 1. The fraction of sp³-hybridized carbons (Fsp3) is 0.440. The number of para-hydroxylation sites is 2. The first-order valence-corrected chi connectivity index (χ1v) is 12.0. The summed E-state index contributed by atoms with van der Waals surface area (Å²) in [6.45, 7) is 5.48. The predicted octanol–water partition coefficient (Wildman–Crippen LogP) is 2.57. The number of fused-ring (bicyclic) bond motifs is 1. The van der Waals surface area contributed by atoms with Crippen LogP contribution in [0.1, 0.15) is 34.9 Å². The number of nitrogens with zero attached hydrogens (tertiary/aromatic N) is 3. The van der Waals surface area contributed by atoms with E-state index in [-0.39, 0.29) is 23.2 Å². The Morgan fingerprint density at radius 1 is 1.09 bits per heavy atom. The standard InChI is InChI=1S/C25H30N4O3S/c1-32-22-5-3-2-4-20(22)28-12-10-27(11-13-28)15-17-6-7-18-16-29(25(33)19(18)14-17)21-8-9-23(30)26-24(21)31/h2-7,14,21,25,33H,8-13,15-16H2,1H3,(H,26,30,31). The molecule has 0 saturated carbocycles.